The third kappa shape index (κ3) is 2.74. The predicted octanol–water partition coefficient (Wildman–Crippen LogP) is 2.18. The van der Waals surface area contributed by atoms with Crippen molar-refractivity contribution in [2.45, 2.75) is 25.8 Å². The van der Waals surface area contributed by atoms with E-state index >= 15 is 0 Å². The molecular weight excluding hydrogens is 294 g/mol. The first-order valence-electron chi connectivity index (χ1n) is 7.61. The molecule has 0 amide bonds. The summed E-state index contributed by atoms with van der Waals surface area (Å²) in [5.74, 6) is 0.342. The number of rotatable bonds is 4. The highest BCUT2D eigenvalue weighted by atomic mass is 16.5. The summed E-state index contributed by atoms with van der Waals surface area (Å²) < 4.78 is 11.9. The van der Waals surface area contributed by atoms with Crippen molar-refractivity contribution in [3.05, 3.63) is 63.1 Å². The first kappa shape index (κ1) is 15.3. The summed E-state index contributed by atoms with van der Waals surface area (Å²) in [5.41, 5.74) is 2.75. The topological polar surface area (TPSA) is 57.5 Å². The van der Waals surface area contributed by atoms with Crippen LogP contribution in [0.15, 0.2) is 35.1 Å². The van der Waals surface area contributed by atoms with Crippen LogP contribution in [0.25, 0.3) is 0 Å². The first-order chi connectivity index (χ1) is 11.2. The largest absolute Gasteiger partial charge is 0.496 e. The van der Waals surface area contributed by atoms with Gasteiger partial charge in [0.25, 0.3) is 5.56 Å². The molecule has 0 spiro atoms. The molecule has 0 unspecified atom stereocenters. The molecule has 1 aromatic heterocycles. The van der Waals surface area contributed by atoms with Crippen LogP contribution in [0.2, 0.25) is 0 Å². The van der Waals surface area contributed by atoms with Crippen molar-refractivity contribution in [3.8, 4) is 5.75 Å². The number of pyridine rings is 1. The summed E-state index contributed by atoms with van der Waals surface area (Å²) in [6, 6.07) is 9.26. The molecule has 1 aromatic carbocycles. The van der Waals surface area contributed by atoms with Gasteiger partial charge in [-0.15, -0.1) is 0 Å². The van der Waals surface area contributed by atoms with Crippen LogP contribution in [0.3, 0.4) is 0 Å². The molecule has 0 bridgehead atoms. The average molecular weight is 313 g/mol. The van der Waals surface area contributed by atoms with E-state index in [2.05, 4.69) is 0 Å². The second kappa shape index (κ2) is 6.28. The Morgan fingerprint density at radius 3 is 2.74 bits per heavy atom. The fourth-order valence-corrected chi connectivity index (χ4v) is 3.14. The second-order valence-corrected chi connectivity index (χ2v) is 5.57. The molecular formula is C18H19NO4. The molecule has 0 aliphatic carbocycles. The molecule has 2 heterocycles. The summed E-state index contributed by atoms with van der Waals surface area (Å²) in [4.78, 5) is 24.7. The molecule has 1 aliphatic heterocycles. The van der Waals surface area contributed by atoms with Gasteiger partial charge in [-0.2, -0.15) is 0 Å². The van der Waals surface area contributed by atoms with Gasteiger partial charge in [-0.25, -0.2) is 4.79 Å². The van der Waals surface area contributed by atoms with Gasteiger partial charge in [0.1, 0.15) is 5.75 Å². The maximum atomic E-state index is 12.7. The maximum absolute atomic E-state index is 12.7. The summed E-state index contributed by atoms with van der Waals surface area (Å²) in [6.45, 7) is 0.651. The number of hydrogen-bond acceptors (Lipinski definition) is 4. The highest BCUT2D eigenvalue weighted by Crippen LogP contribution is 2.23. The van der Waals surface area contributed by atoms with Gasteiger partial charge in [0.05, 0.1) is 19.8 Å². The number of hydrogen-bond donors (Lipinski definition) is 0. The average Bonchev–Trinajstić information content (AvgIpc) is 3.07. The van der Waals surface area contributed by atoms with E-state index in [-0.39, 0.29) is 5.56 Å². The van der Waals surface area contributed by atoms with E-state index in [9.17, 15) is 9.59 Å². The molecule has 0 saturated carbocycles. The van der Waals surface area contributed by atoms with Gasteiger partial charge in [0.2, 0.25) is 0 Å². The lowest BCUT2D eigenvalue weighted by Crippen LogP contribution is -2.26. The van der Waals surface area contributed by atoms with E-state index in [0.717, 1.165) is 29.8 Å². The molecule has 23 heavy (non-hydrogen) atoms. The van der Waals surface area contributed by atoms with Crippen molar-refractivity contribution >= 4 is 5.97 Å². The van der Waals surface area contributed by atoms with Crippen molar-refractivity contribution in [2.75, 3.05) is 14.2 Å². The van der Waals surface area contributed by atoms with Gasteiger partial charge in [0, 0.05) is 24.2 Å². The number of carbonyl (C=O) groups is 1. The highest BCUT2D eigenvalue weighted by molar-refractivity contribution is 5.90. The van der Waals surface area contributed by atoms with Crippen molar-refractivity contribution in [1.82, 2.24) is 4.57 Å². The minimum atomic E-state index is -0.392. The molecule has 3 rings (SSSR count). The number of fused-ring (bicyclic) bond motifs is 1. The molecule has 0 fully saturated rings. The highest BCUT2D eigenvalue weighted by Gasteiger charge is 2.23. The Labute approximate surface area is 134 Å². The molecule has 2 aromatic rings. The Hall–Kier alpha value is -2.56. The van der Waals surface area contributed by atoms with Crippen LogP contribution in [-0.2, 0) is 24.1 Å². The quantitative estimate of drug-likeness (QED) is 0.812. The summed E-state index contributed by atoms with van der Waals surface area (Å²) >= 11 is 0. The number of ether oxygens (including phenoxy) is 2. The summed E-state index contributed by atoms with van der Waals surface area (Å²) in [7, 11) is 2.97. The van der Waals surface area contributed by atoms with Crippen LogP contribution in [0.4, 0.5) is 0 Å². The van der Waals surface area contributed by atoms with E-state index in [4.69, 9.17) is 9.47 Å². The second-order valence-electron chi connectivity index (χ2n) is 5.57. The fraction of sp³-hybridized carbons (Fsp3) is 0.333. The molecule has 0 atom stereocenters. The normalized spacial score (nSPS) is 12.8. The minimum Gasteiger partial charge on any atom is -0.496 e. The van der Waals surface area contributed by atoms with Crippen molar-refractivity contribution in [1.29, 1.82) is 0 Å². The van der Waals surface area contributed by atoms with Gasteiger partial charge in [-0.3, -0.25) is 4.79 Å². The molecule has 0 radical (unpaired) electrons. The van der Waals surface area contributed by atoms with Crippen molar-refractivity contribution < 1.29 is 14.3 Å². The van der Waals surface area contributed by atoms with E-state index in [1.807, 2.05) is 24.3 Å². The Morgan fingerprint density at radius 1 is 1.22 bits per heavy atom. The van der Waals surface area contributed by atoms with Crippen LogP contribution < -0.4 is 10.3 Å². The Bertz CT molecular complexity index is 807. The third-order valence-electron chi connectivity index (χ3n) is 4.25. The van der Waals surface area contributed by atoms with E-state index in [0.29, 0.717) is 24.1 Å². The number of nitrogens with zero attached hydrogens (tertiary/aromatic N) is 1. The molecule has 5 nitrogen and oxygen atoms in total. The SMILES string of the molecule is COC(=O)c1cc(Cc2ccccc2OC)c(=O)n2c1CCC2. The van der Waals surface area contributed by atoms with Crippen LogP contribution >= 0.6 is 0 Å². The molecule has 5 heteroatoms. The standard InChI is InChI=1S/C18H19NO4/c1-22-16-8-4-3-6-12(16)10-13-11-14(18(21)23-2)15-7-5-9-19(15)17(13)20/h3-4,6,8,11H,5,7,9-10H2,1-2H3. The van der Waals surface area contributed by atoms with Crippen LogP contribution in [-0.4, -0.2) is 24.8 Å². The van der Waals surface area contributed by atoms with Crippen LogP contribution in [0, 0.1) is 0 Å². The number of carbonyl (C=O) groups excluding carboxylic acids is 1. The Balaban J connectivity index is 2.09. The van der Waals surface area contributed by atoms with Crippen molar-refractivity contribution in [3.63, 3.8) is 0 Å². The van der Waals surface area contributed by atoms with Gasteiger partial charge in [-0.05, 0) is 30.5 Å². The van der Waals surface area contributed by atoms with E-state index in [1.54, 1.807) is 17.7 Å². The lowest BCUT2D eigenvalue weighted by atomic mass is 10.0. The summed E-state index contributed by atoms with van der Waals surface area (Å²) in [6.07, 6.45) is 2.03. The van der Waals surface area contributed by atoms with E-state index < -0.39 is 5.97 Å². The number of aromatic nitrogens is 1. The first-order valence-corrected chi connectivity index (χ1v) is 7.61. The zero-order valence-electron chi connectivity index (χ0n) is 13.3. The van der Waals surface area contributed by atoms with E-state index in [1.165, 1.54) is 7.11 Å². The Kier molecular flexibility index (Phi) is 4.19. The zero-order chi connectivity index (χ0) is 16.4. The van der Waals surface area contributed by atoms with Gasteiger partial charge >= 0.3 is 5.97 Å². The molecule has 120 valence electrons. The monoisotopic (exact) mass is 313 g/mol. The molecule has 1 aliphatic rings. The third-order valence-corrected chi connectivity index (χ3v) is 4.25. The molecule has 0 saturated heterocycles. The van der Waals surface area contributed by atoms with Gasteiger partial charge < -0.3 is 14.0 Å². The summed E-state index contributed by atoms with van der Waals surface area (Å²) in [5, 5.41) is 0. The van der Waals surface area contributed by atoms with Gasteiger partial charge in [-0.1, -0.05) is 18.2 Å². The smallest absolute Gasteiger partial charge is 0.339 e. The van der Waals surface area contributed by atoms with Crippen molar-refractivity contribution in [2.24, 2.45) is 0 Å². The van der Waals surface area contributed by atoms with Gasteiger partial charge in [0.15, 0.2) is 0 Å². The Morgan fingerprint density at radius 2 is 2.00 bits per heavy atom. The lowest BCUT2D eigenvalue weighted by Gasteiger charge is -2.13. The number of methoxy groups -OCH3 is 2. The fourth-order valence-electron chi connectivity index (χ4n) is 3.14. The molecule has 0 N–H and O–H groups in total. The predicted molar refractivity (Wildman–Crippen MR) is 86.2 cm³/mol. The minimum absolute atomic E-state index is 0.0314. The maximum Gasteiger partial charge on any atom is 0.339 e. The zero-order valence-corrected chi connectivity index (χ0v) is 13.3. The number of para-hydroxylation sites is 1. The number of benzene rings is 1. The number of esters is 1. The van der Waals surface area contributed by atoms with Crippen LogP contribution in [0.1, 0.15) is 33.6 Å². The van der Waals surface area contributed by atoms with Crippen LogP contribution in [0.5, 0.6) is 5.75 Å². The lowest BCUT2D eigenvalue weighted by molar-refractivity contribution is 0.0598.